The van der Waals surface area contributed by atoms with Crippen molar-refractivity contribution in [3.8, 4) is 11.8 Å². The lowest BCUT2D eigenvalue weighted by molar-refractivity contribution is 0.111. The molecule has 1 N–H and O–H groups in total. The topological polar surface area (TPSA) is 53.2 Å². The maximum atomic E-state index is 9.41. The number of ether oxygens (including phenoxy) is 1. The fourth-order valence-electron chi connectivity index (χ4n) is 1.89. The summed E-state index contributed by atoms with van der Waals surface area (Å²) in [7, 11) is 0. The first-order valence-corrected chi connectivity index (χ1v) is 6.58. The third kappa shape index (κ3) is 4.42. The normalized spacial score (nSPS) is 11.6. The highest BCUT2D eigenvalue weighted by molar-refractivity contribution is 5.31. The van der Waals surface area contributed by atoms with Crippen molar-refractivity contribution < 1.29 is 9.84 Å². The molecule has 0 amide bonds. The summed E-state index contributed by atoms with van der Waals surface area (Å²) < 4.78 is 5.42. The Labute approximate surface area is 119 Å². The third-order valence-electron chi connectivity index (χ3n) is 2.94. The zero-order chi connectivity index (χ0) is 14.2. The molecule has 3 heteroatoms. The molecule has 0 fully saturated rings. The summed E-state index contributed by atoms with van der Waals surface area (Å²) in [5.41, 5.74) is 2.48. The van der Waals surface area contributed by atoms with E-state index in [2.05, 4.69) is 12.1 Å². The Balaban J connectivity index is 1.88. The Morgan fingerprint density at radius 2 is 1.65 bits per heavy atom. The Morgan fingerprint density at radius 3 is 2.30 bits per heavy atom. The summed E-state index contributed by atoms with van der Waals surface area (Å²) >= 11 is 0. The summed E-state index contributed by atoms with van der Waals surface area (Å²) in [4.78, 5) is 0. The van der Waals surface area contributed by atoms with Gasteiger partial charge in [0.25, 0.3) is 0 Å². The van der Waals surface area contributed by atoms with E-state index in [0.717, 1.165) is 6.42 Å². The zero-order valence-electron chi connectivity index (χ0n) is 11.2. The monoisotopic (exact) mass is 267 g/mol. The predicted molar refractivity (Wildman–Crippen MR) is 77.4 cm³/mol. The maximum absolute atomic E-state index is 9.41. The highest BCUT2D eigenvalue weighted by Gasteiger charge is 2.04. The van der Waals surface area contributed by atoms with Gasteiger partial charge in [-0.15, -0.1) is 0 Å². The lowest BCUT2D eigenvalue weighted by atomic mass is 10.1. The summed E-state index contributed by atoms with van der Waals surface area (Å²) in [6, 6.07) is 20.0. The highest BCUT2D eigenvalue weighted by Crippen LogP contribution is 2.15. The van der Waals surface area contributed by atoms with Gasteiger partial charge in [-0.2, -0.15) is 5.26 Å². The van der Waals surface area contributed by atoms with Gasteiger partial charge in [0.1, 0.15) is 18.5 Å². The van der Waals surface area contributed by atoms with Crippen LogP contribution >= 0.6 is 0 Å². The number of rotatable bonds is 6. The minimum absolute atomic E-state index is 0.0894. The van der Waals surface area contributed by atoms with Crippen LogP contribution in [0.15, 0.2) is 54.6 Å². The second-order valence-corrected chi connectivity index (χ2v) is 4.63. The number of nitrogens with zero attached hydrogens (tertiary/aromatic N) is 1. The first-order valence-electron chi connectivity index (χ1n) is 6.58. The van der Waals surface area contributed by atoms with Crippen LogP contribution in [0, 0.1) is 11.3 Å². The van der Waals surface area contributed by atoms with Crippen LogP contribution in [0.4, 0.5) is 0 Å². The van der Waals surface area contributed by atoms with Gasteiger partial charge in [0.2, 0.25) is 0 Å². The SMILES string of the molecule is N#CC[C@@H](O)COc1ccc(Cc2ccccc2)cc1. The van der Waals surface area contributed by atoms with Crippen molar-refractivity contribution in [3.05, 3.63) is 65.7 Å². The molecule has 102 valence electrons. The van der Waals surface area contributed by atoms with Gasteiger partial charge in [-0.3, -0.25) is 0 Å². The Morgan fingerprint density at radius 1 is 1.00 bits per heavy atom. The second kappa shape index (κ2) is 7.32. The second-order valence-electron chi connectivity index (χ2n) is 4.63. The van der Waals surface area contributed by atoms with E-state index in [0.29, 0.717) is 5.75 Å². The van der Waals surface area contributed by atoms with Crippen LogP contribution in [-0.2, 0) is 6.42 Å². The average molecular weight is 267 g/mol. The molecule has 1 atom stereocenters. The fourth-order valence-corrected chi connectivity index (χ4v) is 1.89. The van der Waals surface area contributed by atoms with Crippen LogP contribution in [0.1, 0.15) is 17.5 Å². The summed E-state index contributed by atoms with van der Waals surface area (Å²) in [5.74, 6) is 0.707. The number of aliphatic hydroxyl groups excluding tert-OH is 1. The summed E-state index contributed by atoms with van der Waals surface area (Å²) in [5, 5.41) is 17.9. The molecule has 0 saturated heterocycles. The molecule has 0 heterocycles. The first-order chi connectivity index (χ1) is 9.78. The molecule has 0 aliphatic rings. The number of aliphatic hydroxyl groups is 1. The Kier molecular flexibility index (Phi) is 5.16. The molecule has 0 unspecified atom stereocenters. The molecule has 2 aromatic rings. The quantitative estimate of drug-likeness (QED) is 0.875. The van der Waals surface area contributed by atoms with E-state index in [4.69, 9.17) is 10.00 Å². The first kappa shape index (κ1) is 14.1. The predicted octanol–water partition coefficient (Wildman–Crippen LogP) is 2.93. The van der Waals surface area contributed by atoms with E-state index in [9.17, 15) is 5.11 Å². The van der Waals surface area contributed by atoms with Crippen molar-refractivity contribution in [2.24, 2.45) is 0 Å². The number of benzene rings is 2. The van der Waals surface area contributed by atoms with Crippen molar-refractivity contribution >= 4 is 0 Å². The molecule has 0 aliphatic heterocycles. The molecular formula is C17H17NO2. The molecule has 0 radical (unpaired) electrons. The molecule has 2 rings (SSSR count). The number of hydrogen-bond acceptors (Lipinski definition) is 3. The summed E-state index contributed by atoms with van der Waals surface area (Å²) in [6.45, 7) is 0.144. The van der Waals surface area contributed by atoms with E-state index >= 15 is 0 Å². The van der Waals surface area contributed by atoms with Gasteiger partial charge in [-0.05, 0) is 29.7 Å². The Hall–Kier alpha value is -2.31. The molecule has 3 nitrogen and oxygen atoms in total. The average Bonchev–Trinajstić information content (AvgIpc) is 2.48. The largest absolute Gasteiger partial charge is 0.491 e. The number of hydrogen-bond donors (Lipinski definition) is 1. The molecule has 0 aliphatic carbocycles. The van der Waals surface area contributed by atoms with Gasteiger partial charge in [0, 0.05) is 0 Å². The van der Waals surface area contributed by atoms with Crippen LogP contribution in [0.3, 0.4) is 0 Å². The van der Waals surface area contributed by atoms with Crippen molar-refractivity contribution in [1.82, 2.24) is 0 Å². The van der Waals surface area contributed by atoms with Gasteiger partial charge in [-0.25, -0.2) is 0 Å². The molecule has 0 spiro atoms. The molecule has 2 aromatic carbocycles. The van der Waals surface area contributed by atoms with E-state index in [1.165, 1.54) is 11.1 Å². The van der Waals surface area contributed by atoms with Gasteiger partial charge in [0.05, 0.1) is 12.5 Å². The van der Waals surface area contributed by atoms with Gasteiger partial charge >= 0.3 is 0 Å². The maximum Gasteiger partial charge on any atom is 0.119 e. The van der Waals surface area contributed by atoms with Crippen LogP contribution < -0.4 is 4.74 Å². The third-order valence-corrected chi connectivity index (χ3v) is 2.94. The smallest absolute Gasteiger partial charge is 0.119 e. The van der Waals surface area contributed by atoms with Crippen molar-refractivity contribution in [2.75, 3.05) is 6.61 Å². The van der Waals surface area contributed by atoms with Crippen LogP contribution in [0.5, 0.6) is 5.75 Å². The molecular weight excluding hydrogens is 250 g/mol. The molecule has 0 aromatic heterocycles. The highest BCUT2D eigenvalue weighted by atomic mass is 16.5. The van der Waals surface area contributed by atoms with Gasteiger partial charge in [-0.1, -0.05) is 42.5 Å². The minimum Gasteiger partial charge on any atom is -0.491 e. The molecule has 0 bridgehead atoms. The van der Waals surface area contributed by atoms with Crippen LogP contribution in [-0.4, -0.2) is 17.8 Å². The van der Waals surface area contributed by atoms with Crippen molar-refractivity contribution in [3.63, 3.8) is 0 Å². The Bertz CT molecular complexity index is 558. The lowest BCUT2D eigenvalue weighted by Gasteiger charge is -2.10. The standard InChI is InChI=1S/C17H17NO2/c18-11-10-16(19)13-20-17-8-6-15(7-9-17)12-14-4-2-1-3-5-14/h1-9,16,19H,10,12-13H2/t16-/m1/s1. The van der Waals surface area contributed by atoms with Gasteiger partial charge < -0.3 is 9.84 Å². The molecule has 0 saturated carbocycles. The zero-order valence-corrected chi connectivity index (χ0v) is 11.2. The fraction of sp³-hybridized carbons (Fsp3) is 0.235. The van der Waals surface area contributed by atoms with Crippen molar-refractivity contribution in [1.29, 1.82) is 5.26 Å². The minimum atomic E-state index is -0.732. The van der Waals surface area contributed by atoms with E-state index < -0.39 is 6.10 Å². The molecule has 20 heavy (non-hydrogen) atoms. The lowest BCUT2D eigenvalue weighted by Crippen LogP contribution is -2.16. The van der Waals surface area contributed by atoms with E-state index in [-0.39, 0.29) is 13.0 Å². The van der Waals surface area contributed by atoms with Crippen molar-refractivity contribution in [2.45, 2.75) is 18.9 Å². The van der Waals surface area contributed by atoms with Gasteiger partial charge in [0.15, 0.2) is 0 Å². The van der Waals surface area contributed by atoms with E-state index in [1.807, 2.05) is 48.5 Å². The number of nitriles is 1. The van der Waals surface area contributed by atoms with Crippen LogP contribution in [0.2, 0.25) is 0 Å². The van der Waals surface area contributed by atoms with Crippen LogP contribution in [0.25, 0.3) is 0 Å². The summed E-state index contributed by atoms with van der Waals surface area (Å²) in [6.07, 6.45) is 0.244. The van der Waals surface area contributed by atoms with E-state index in [1.54, 1.807) is 0 Å².